The maximum atomic E-state index is 13.6. The Morgan fingerprint density at radius 3 is 2.00 bits per heavy atom. The molecular weight excluding hydrogens is 249 g/mol. The first-order valence-corrected chi connectivity index (χ1v) is 8.23. The van der Waals surface area contributed by atoms with E-state index in [0.717, 1.165) is 12.3 Å². The van der Waals surface area contributed by atoms with Crippen molar-refractivity contribution < 1.29 is 4.39 Å². The van der Waals surface area contributed by atoms with E-state index in [1.807, 2.05) is 13.8 Å². The molecule has 2 aliphatic rings. The van der Waals surface area contributed by atoms with Gasteiger partial charge in [-0.05, 0) is 50.9 Å². The van der Waals surface area contributed by atoms with Gasteiger partial charge in [0.05, 0.1) is 12.0 Å². The normalized spacial score (nSPS) is 36.6. The number of hydrogen-bond acceptors (Lipinski definition) is 1. The second kappa shape index (κ2) is 9.02. The highest BCUT2D eigenvalue weighted by Crippen LogP contribution is 2.31. The number of nitrogens with zero attached hydrogens (tertiary/aromatic N) is 1. The lowest BCUT2D eigenvalue weighted by Crippen LogP contribution is -2.24. The van der Waals surface area contributed by atoms with Crippen molar-refractivity contribution in [1.29, 1.82) is 5.26 Å². The molecule has 2 rings (SSSR count). The van der Waals surface area contributed by atoms with Gasteiger partial charge in [0, 0.05) is 11.8 Å². The van der Waals surface area contributed by atoms with Crippen LogP contribution in [0.2, 0.25) is 0 Å². The molecule has 0 radical (unpaired) electrons. The van der Waals surface area contributed by atoms with Crippen LogP contribution in [0.4, 0.5) is 4.39 Å². The van der Waals surface area contributed by atoms with Crippen molar-refractivity contribution in [2.24, 2.45) is 23.7 Å². The van der Waals surface area contributed by atoms with Crippen molar-refractivity contribution in [3.8, 4) is 17.9 Å². The fourth-order valence-corrected chi connectivity index (χ4v) is 3.03. The molecule has 1 nitrogen and oxygen atoms in total. The smallest absolute Gasteiger partial charge is 0.117 e. The van der Waals surface area contributed by atoms with Gasteiger partial charge in [-0.15, -0.1) is 0 Å². The minimum Gasteiger partial charge on any atom is -0.246 e. The van der Waals surface area contributed by atoms with Crippen LogP contribution in [0, 0.1) is 46.8 Å². The Labute approximate surface area is 123 Å². The molecule has 0 saturated heterocycles. The highest BCUT2D eigenvalue weighted by Gasteiger charge is 2.29. The van der Waals surface area contributed by atoms with Crippen molar-refractivity contribution in [1.82, 2.24) is 0 Å². The monoisotopic (exact) mass is 277 g/mol. The molecule has 2 fully saturated rings. The zero-order valence-corrected chi connectivity index (χ0v) is 13.2. The fourth-order valence-electron chi connectivity index (χ4n) is 3.03. The third-order valence-electron chi connectivity index (χ3n) is 4.45. The summed E-state index contributed by atoms with van der Waals surface area (Å²) in [5.41, 5.74) is 0. The summed E-state index contributed by atoms with van der Waals surface area (Å²) in [5, 5.41) is 8.78. The first-order valence-electron chi connectivity index (χ1n) is 8.23. The molecule has 0 aromatic carbocycles. The molecule has 0 aliphatic heterocycles. The zero-order valence-electron chi connectivity index (χ0n) is 13.2. The van der Waals surface area contributed by atoms with E-state index in [1.54, 1.807) is 0 Å². The van der Waals surface area contributed by atoms with Crippen LogP contribution in [0.1, 0.15) is 65.7 Å². The van der Waals surface area contributed by atoms with Crippen molar-refractivity contribution in [2.45, 2.75) is 71.9 Å². The molecule has 0 aromatic rings. The summed E-state index contributed by atoms with van der Waals surface area (Å²) in [6.45, 7) is 6.31. The number of halogens is 1. The lowest BCUT2D eigenvalue weighted by molar-refractivity contribution is 0.180. The van der Waals surface area contributed by atoms with E-state index in [0.29, 0.717) is 18.8 Å². The molecule has 0 N–H and O–H groups in total. The van der Waals surface area contributed by atoms with E-state index in [-0.39, 0.29) is 5.92 Å². The summed E-state index contributed by atoms with van der Waals surface area (Å²) in [4.78, 5) is 0. The van der Waals surface area contributed by atoms with Crippen molar-refractivity contribution in [3.63, 3.8) is 0 Å². The van der Waals surface area contributed by atoms with E-state index in [1.165, 1.54) is 25.7 Å². The molecule has 20 heavy (non-hydrogen) atoms. The minimum atomic E-state index is -0.963. The maximum absolute atomic E-state index is 13.6. The van der Waals surface area contributed by atoms with Gasteiger partial charge in [0.15, 0.2) is 0 Å². The molecule has 3 atom stereocenters. The van der Waals surface area contributed by atoms with E-state index in [9.17, 15) is 4.39 Å². The molecule has 0 aromatic heterocycles. The van der Waals surface area contributed by atoms with Gasteiger partial charge in [-0.1, -0.05) is 32.6 Å². The molecule has 112 valence electrons. The van der Waals surface area contributed by atoms with Crippen molar-refractivity contribution in [3.05, 3.63) is 0 Å². The Hall–Kier alpha value is -1.02. The number of rotatable bonds is 0. The number of hydrogen-bond donors (Lipinski definition) is 0. The van der Waals surface area contributed by atoms with Crippen molar-refractivity contribution >= 4 is 0 Å². The summed E-state index contributed by atoms with van der Waals surface area (Å²) >= 11 is 0. The molecule has 0 heterocycles. The quantitative estimate of drug-likeness (QED) is 0.564. The van der Waals surface area contributed by atoms with E-state index in [2.05, 4.69) is 24.8 Å². The number of nitriles is 1. The zero-order chi connectivity index (χ0) is 15.0. The summed E-state index contributed by atoms with van der Waals surface area (Å²) in [7, 11) is 0. The Bertz CT molecular complexity index is 365. The maximum Gasteiger partial charge on any atom is 0.117 e. The molecule has 0 amide bonds. The van der Waals surface area contributed by atoms with Crippen LogP contribution in [0.15, 0.2) is 0 Å². The van der Waals surface area contributed by atoms with Gasteiger partial charge >= 0.3 is 0 Å². The lowest BCUT2D eigenvalue weighted by atomic mass is 9.80. The molecule has 0 spiro atoms. The Morgan fingerprint density at radius 1 is 0.900 bits per heavy atom. The van der Waals surface area contributed by atoms with Gasteiger partial charge in [-0.3, -0.25) is 0 Å². The minimum absolute atomic E-state index is 0.184. The van der Waals surface area contributed by atoms with Gasteiger partial charge in [-0.2, -0.15) is 5.26 Å². The second-order valence-electron chi connectivity index (χ2n) is 6.01. The average Bonchev–Trinajstić information content (AvgIpc) is 2.49. The molecule has 2 heteroatoms. The Kier molecular flexibility index (Phi) is 7.68. The van der Waals surface area contributed by atoms with Gasteiger partial charge < -0.3 is 0 Å². The largest absolute Gasteiger partial charge is 0.246 e. The summed E-state index contributed by atoms with van der Waals surface area (Å²) in [6.07, 6.45) is 6.07. The Morgan fingerprint density at radius 2 is 1.45 bits per heavy atom. The predicted molar refractivity (Wildman–Crippen MR) is 81.6 cm³/mol. The van der Waals surface area contributed by atoms with Crippen LogP contribution in [0.25, 0.3) is 0 Å². The fraction of sp³-hybridized carbons (Fsp3) is 0.833. The van der Waals surface area contributed by atoms with Crippen LogP contribution in [-0.2, 0) is 0 Å². The summed E-state index contributed by atoms with van der Waals surface area (Å²) < 4.78 is 13.6. The van der Waals surface area contributed by atoms with Crippen LogP contribution in [0.3, 0.4) is 0 Å². The standard InChI is InChI=1S/C16H22FN.C2H6/c1-12-2-4-13(5-3-12)6-7-14-8-9-15(11-18)16(17)10-14;1-2/h12-16H,2-5,8-10H2,1H3;1-2H3. The highest BCUT2D eigenvalue weighted by molar-refractivity contribution is 5.10. The summed E-state index contributed by atoms with van der Waals surface area (Å²) in [5.74, 6) is 7.83. The van der Waals surface area contributed by atoms with E-state index in [4.69, 9.17) is 5.26 Å². The highest BCUT2D eigenvalue weighted by atomic mass is 19.1. The Balaban J connectivity index is 0.000000956. The molecule has 2 saturated carbocycles. The van der Waals surface area contributed by atoms with E-state index < -0.39 is 12.1 Å². The van der Waals surface area contributed by atoms with E-state index >= 15 is 0 Å². The lowest BCUT2D eigenvalue weighted by Gasteiger charge is -2.25. The first-order chi connectivity index (χ1) is 9.69. The van der Waals surface area contributed by atoms with Gasteiger partial charge in [0.25, 0.3) is 0 Å². The molecular formula is C18H28FN. The first kappa shape index (κ1) is 17.0. The van der Waals surface area contributed by atoms with Crippen LogP contribution >= 0.6 is 0 Å². The third-order valence-corrected chi connectivity index (χ3v) is 4.45. The van der Waals surface area contributed by atoms with Gasteiger partial charge in [0.1, 0.15) is 6.17 Å². The number of alkyl halides is 1. The predicted octanol–water partition coefficient (Wildman–Crippen LogP) is 5.12. The average molecular weight is 277 g/mol. The molecule has 2 aliphatic carbocycles. The van der Waals surface area contributed by atoms with Crippen LogP contribution in [-0.4, -0.2) is 6.17 Å². The van der Waals surface area contributed by atoms with Crippen LogP contribution in [0.5, 0.6) is 0 Å². The van der Waals surface area contributed by atoms with Gasteiger partial charge in [0.2, 0.25) is 0 Å². The van der Waals surface area contributed by atoms with Gasteiger partial charge in [-0.25, -0.2) is 4.39 Å². The molecule has 0 bridgehead atoms. The SMILES string of the molecule is CC.CC1CCC(C#CC2CCC(C#N)C(F)C2)CC1. The second-order valence-corrected chi connectivity index (χ2v) is 6.01. The molecule has 3 unspecified atom stereocenters. The topological polar surface area (TPSA) is 23.8 Å². The van der Waals surface area contributed by atoms with Crippen molar-refractivity contribution in [2.75, 3.05) is 0 Å². The summed E-state index contributed by atoms with van der Waals surface area (Å²) in [6, 6.07) is 2.06. The van der Waals surface area contributed by atoms with Crippen LogP contribution < -0.4 is 0 Å². The third kappa shape index (κ3) is 5.16.